The minimum atomic E-state index is -0.448. The number of anilines is 1. The van der Waals surface area contributed by atoms with E-state index in [0.29, 0.717) is 6.54 Å². The van der Waals surface area contributed by atoms with Crippen molar-refractivity contribution in [3.8, 4) is 5.75 Å². The average molecular weight is 327 g/mol. The second-order valence-electron chi connectivity index (χ2n) is 5.45. The fraction of sp³-hybridized carbons (Fsp3) is 0.235. The van der Waals surface area contributed by atoms with Crippen LogP contribution in [0, 0.1) is 0 Å². The van der Waals surface area contributed by atoms with Crippen molar-refractivity contribution in [2.45, 2.75) is 18.8 Å². The van der Waals surface area contributed by atoms with Gasteiger partial charge in [-0.3, -0.25) is 4.79 Å². The maximum atomic E-state index is 12.4. The van der Waals surface area contributed by atoms with E-state index in [1.165, 1.54) is 0 Å². The summed E-state index contributed by atoms with van der Waals surface area (Å²) in [6.07, 6.45) is -0.283. The molecule has 1 saturated heterocycles. The SMILES string of the molecule is COc1ccc(NC2NNNC2C(=O)NCc2ccccc2)cc1. The molecule has 2 aromatic carbocycles. The Hall–Kier alpha value is -2.61. The summed E-state index contributed by atoms with van der Waals surface area (Å²) >= 11 is 0. The van der Waals surface area contributed by atoms with Crippen LogP contribution in [0.2, 0.25) is 0 Å². The van der Waals surface area contributed by atoms with Crippen molar-refractivity contribution in [2.75, 3.05) is 12.4 Å². The van der Waals surface area contributed by atoms with E-state index < -0.39 is 6.04 Å². The van der Waals surface area contributed by atoms with Crippen LogP contribution >= 0.6 is 0 Å². The van der Waals surface area contributed by atoms with E-state index in [2.05, 4.69) is 27.0 Å². The summed E-state index contributed by atoms with van der Waals surface area (Å²) in [5.74, 6) is 0.690. The van der Waals surface area contributed by atoms with Crippen molar-refractivity contribution >= 4 is 11.6 Å². The van der Waals surface area contributed by atoms with Gasteiger partial charge in [0.15, 0.2) is 0 Å². The molecule has 0 saturated carbocycles. The molecule has 0 bridgehead atoms. The van der Waals surface area contributed by atoms with Crippen LogP contribution in [-0.4, -0.2) is 25.2 Å². The second-order valence-corrected chi connectivity index (χ2v) is 5.45. The molecule has 2 atom stereocenters. The molecule has 1 heterocycles. The van der Waals surface area contributed by atoms with E-state index in [4.69, 9.17) is 4.74 Å². The van der Waals surface area contributed by atoms with Gasteiger partial charge < -0.3 is 15.4 Å². The first-order valence-electron chi connectivity index (χ1n) is 7.74. The van der Waals surface area contributed by atoms with Crippen LogP contribution in [0.25, 0.3) is 0 Å². The molecule has 0 aliphatic carbocycles. The number of amides is 1. The van der Waals surface area contributed by atoms with E-state index in [-0.39, 0.29) is 12.1 Å². The molecular formula is C17H21N5O2. The summed E-state index contributed by atoms with van der Waals surface area (Å²) in [6.45, 7) is 0.493. The topological polar surface area (TPSA) is 86.5 Å². The van der Waals surface area contributed by atoms with Gasteiger partial charge in [0, 0.05) is 12.2 Å². The fourth-order valence-corrected chi connectivity index (χ4v) is 2.46. The van der Waals surface area contributed by atoms with Gasteiger partial charge in [-0.05, 0) is 29.8 Å². The predicted octanol–water partition coefficient (Wildman–Crippen LogP) is 0.731. The lowest BCUT2D eigenvalue weighted by molar-refractivity contribution is -0.123. The zero-order valence-corrected chi connectivity index (χ0v) is 13.4. The van der Waals surface area contributed by atoms with Crippen LogP contribution in [0.15, 0.2) is 54.6 Å². The first kappa shape index (κ1) is 16.3. The lowest BCUT2D eigenvalue weighted by atomic mass is 10.2. The molecule has 7 heteroatoms. The molecule has 1 fully saturated rings. The van der Waals surface area contributed by atoms with E-state index in [1.807, 2.05) is 54.6 Å². The first-order valence-corrected chi connectivity index (χ1v) is 7.74. The van der Waals surface area contributed by atoms with E-state index in [0.717, 1.165) is 17.0 Å². The Morgan fingerprint density at radius 3 is 2.54 bits per heavy atom. The highest BCUT2D eigenvalue weighted by Crippen LogP contribution is 2.16. The normalized spacial score (nSPS) is 19.7. The van der Waals surface area contributed by atoms with Crippen LogP contribution in [0.3, 0.4) is 0 Å². The lowest BCUT2D eigenvalue weighted by Crippen LogP contribution is -2.50. The van der Waals surface area contributed by atoms with Gasteiger partial charge >= 0.3 is 0 Å². The molecule has 24 heavy (non-hydrogen) atoms. The number of hydrogen-bond acceptors (Lipinski definition) is 6. The summed E-state index contributed by atoms with van der Waals surface area (Å²) in [5, 5.41) is 6.20. The Morgan fingerprint density at radius 1 is 1.08 bits per heavy atom. The monoisotopic (exact) mass is 327 g/mol. The number of hydrogen-bond donors (Lipinski definition) is 5. The number of carbonyl (C=O) groups is 1. The van der Waals surface area contributed by atoms with E-state index in [9.17, 15) is 4.79 Å². The average Bonchev–Trinajstić information content (AvgIpc) is 3.09. The third-order valence-corrected chi connectivity index (χ3v) is 3.79. The molecule has 0 aromatic heterocycles. The zero-order valence-electron chi connectivity index (χ0n) is 13.4. The largest absolute Gasteiger partial charge is 0.497 e. The number of ether oxygens (including phenoxy) is 1. The van der Waals surface area contributed by atoms with Gasteiger partial charge in [-0.15, -0.1) is 0 Å². The summed E-state index contributed by atoms with van der Waals surface area (Å²) < 4.78 is 5.14. The smallest absolute Gasteiger partial charge is 0.242 e. The molecule has 7 nitrogen and oxygen atoms in total. The van der Waals surface area contributed by atoms with Crippen molar-refractivity contribution in [1.29, 1.82) is 0 Å². The van der Waals surface area contributed by atoms with Crippen LogP contribution < -0.4 is 31.8 Å². The predicted molar refractivity (Wildman–Crippen MR) is 91.9 cm³/mol. The third-order valence-electron chi connectivity index (χ3n) is 3.79. The molecule has 3 rings (SSSR count). The Kier molecular flexibility index (Phi) is 5.27. The Bertz CT molecular complexity index is 662. The standard InChI is InChI=1S/C17H21N5O2/c1-24-14-9-7-13(8-10-14)19-16-15(20-22-21-16)17(23)18-11-12-5-3-2-4-6-12/h2-10,15-16,19-22H,11H2,1H3,(H,18,23). The number of benzene rings is 2. The van der Waals surface area contributed by atoms with Gasteiger partial charge in [0.25, 0.3) is 0 Å². The zero-order chi connectivity index (χ0) is 16.8. The fourth-order valence-electron chi connectivity index (χ4n) is 2.46. The molecule has 2 unspecified atom stereocenters. The van der Waals surface area contributed by atoms with Gasteiger partial charge in [0.05, 0.1) is 7.11 Å². The van der Waals surface area contributed by atoms with Crippen molar-refractivity contribution in [3.05, 3.63) is 60.2 Å². The molecular weight excluding hydrogens is 306 g/mol. The van der Waals surface area contributed by atoms with Crippen LogP contribution in [0.1, 0.15) is 5.56 Å². The molecule has 0 spiro atoms. The minimum Gasteiger partial charge on any atom is -0.497 e. The van der Waals surface area contributed by atoms with Crippen molar-refractivity contribution in [2.24, 2.45) is 0 Å². The van der Waals surface area contributed by atoms with Gasteiger partial charge in [-0.2, -0.15) is 5.53 Å². The maximum absolute atomic E-state index is 12.4. The molecule has 126 valence electrons. The Morgan fingerprint density at radius 2 is 1.83 bits per heavy atom. The number of methoxy groups -OCH3 is 1. The number of nitrogens with one attached hydrogen (secondary N) is 5. The summed E-state index contributed by atoms with van der Waals surface area (Å²) in [5.41, 5.74) is 10.7. The summed E-state index contributed by atoms with van der Waals surface area (Å²) in [7, 11) is 1.63. The van der Waals surface area contributed by atoms with Crippen molar-refractivity contribution < 1.29 is 9.53 Å². The molecule has 1 aliphatic rings. The highest BCUT2D eigenvalue weighted by molar-refractivity contribution is 5.83. The third kappa shape index (κ3) is 4.02. The molecule has 2 aromatic rings. The van der Waals surface area contributed by atoms with Gasteiger partial charge in [-0.25, -0.2) is 10.9 Å². The van der Waals surface area contributed by atoms with Crippen molar-refractivity contribution in [3.63, 3.8) is 0 Å². The van der Waals surface area contributed by atoms with E-state index in [1.54, 1.807) is 7.11 Å². The second kappa shape index (κ2) is 7.78. The van der Waals surface area contributed by atoms with Crippen molar-refractivity contribution in [1.82, 2.24) is 21.7 Å². The van der Waals surface area contributed by atoms with E-state index >= 15 is 0 Å². The quantitative estimate of drug-likeness (QED) is 0.538. The highest BCUT2D eigenvalue weighted by Gasteiger charge is 2.32. The highest BCUT2D eigenvalue weighted by atomic mass is 16.5. The van der Waals surface area contributed by atoms with Gasteiger partial charge in [0.1, 0.15) is 18.0 Å². The van der Waals surface area contributed by atoms with Gasteiger partial charge in [-0.1, -0.05) is 30.3 Å². The first-order chi connectivity index (χ1) is 11.8. The molecule has 1 amide bonds. The number of carbonyl (C=O) groups excluding carboxylic acids is 1. The Labute approximate surface area is 140 Å². The molecule has 1 aliphatic heterocycles. The summed E-state index contributed by atoms with van der Waals surface area (Å²) in [6, 6.07) is 16.9. The minimum absolute atomic E-state index is 0.0950. The summed E-state index contributed by atoms with van der Waals surface area (Å²) in [4.78, 5) is 12.4. The Balaban J connectivity index is 1.56. The van der Waals surface area contributed by atoms with Crippen LogP contribution in [-0.2, 0) is 11.3 Å². The lowest BCUT2D eigenvalue weighted by Gasteiger charge is -2.20. The van der Waals surface area contributed by atoms with Crippen LogP contribution in [0.4, 0.5) is 5.69 Å². The molecule has 0 radical (unpaired) electrons. The van der Waals surface area contributed by atoms with Gasteiger partial charge in [0.2, 0.25) is 5.91 Å². The number of hydrazine groups is 2. The van der Waals surface area contributed by atoms with Crippen LogP contribution in [0.5, 0.6) is 5.75 Å². The number of rotatable bonds is 6. The molecule has 5 N–H and O–H groups in total. The maximum Gasteiger partial charge on any atom is 0.242 e.